The molecule has 0 saturated heterocycles. The first-order valence-electron chi connectivity index (χ1n) is 5.17. The van der Waals surface area contributed by atoms with Crippen LogP contribution in [0.25, 0.3) is 0 Å². The van der Waals surface area contributed by atoms with Gasteiger partial charge in [0, 0.05) is 6.54 Å². The second kappa shape index (κ2) is 8.34. The molecule has 1 atom stereocenters. The molecule has 0 heterocycles. The molecule has 0 rings (SSSR count). The largest absolute Gasteiger partial charge is 0.480 e. The Hall–Kier alpha value is -1.83. The Morgan fingerprint density at radius 3 is 2.41 bits per heavy atom. The molecule has 0 aliphatic rings. The van der Waals surface area contributed by atoms with Crippen LogP contribution in [0.3, 0.4) is 0 Å². The van der Waals surface area contributed by atoms with Crippen LogP contribution in [0.15, 0.2) is 0 Å². The fourth-order valence-electron chi connectivity index (χ4n) is 1.08. The molecule has 0 radical (unpaired) electrons. The zero-order valence-corrected chi connectivity index (χ0v) is 9.66. The fourth-order valence-corrected chi connectivity index (χ4v) is 1.08. The van der Waals surface area contributed by atoms with E-state index in [1.165, 1.54) is 0 Å². The summed E-state index contributed by atoms with van der Waals surface area (Å²) in [6.07, 6.45) is 0.288. The minimum Gasteiger partial charge on any atom is -0.480 e. The molecule has 0 aromatic carbocycles. The van der Waals surface area contributed by atoms with Crippen LogP contribution in [0.1, 0.15) is 12.8 Å². The van der Waals surface area contributed by atoms with Crippen molar-refractivity contribution < 1.29 is 19.5 Å². The molecule has 0 fully saturated rings. The van der Waals surface area contributed by atoms with Crippen LogP contribution >= 0.6 is 0 Å². The minimum atomic E-state index is -1.30. The van der Waals surface area contributed by atoms with Gasteiger partial charge in [0.05, 0.1) is 6.42 Å². The van der Waals surface area contributed by atoms with Gasteiger partial charge in [-0.15, -0.1) is 0 Å². The van der Waals surface area contributed by atoms with Crippen molar-refractivity contribution in [3.63, 3.8) is 0 Å². The lowest BCUT2D eigenvalue weighted by atomic mass is 10.2. The summed E-state index contributed by atoms with van der Waals surface area (Å²) < 4.78 is 0. The van der Waals surface area contributed by atoms with E-state index in [1.807, 2.05) is 0 Å². The van der Waals surface area contributed by atoms with Gasteiger partial charge in [-0.05, 0) is 20.0 Å². The number of carboxylic acids is 1. The van der Waals surface area contributed by atoms with E-state index in [2.05, 4.69) is 16.0 Å². The van der Waals surface area contributed by atoms with Crippen LogP contribution in [0.4, 0.5) is 4.79 Å². The van der Waals surface area contributed by atoms with E-state index in [0.717, 1.165) is 13.0 Å². The quantitative estimate of drug-likeness (QED) is 0.323. The van der Waals surface area contributed by atoms with Crippen molar-refractivity contribution in [2.45, 2.75) is 18.9 Å². The van der Waals surface area contributed by atoms with Crippen molar-refractivity contribution in [2.75, 3.05) is 20.1 Å². The monoisotopic (exact) mass is 246 g/mol. The van der Waals surface area contributed by atoms with Gasteiger partial charge in [0.25, 0.3) is 0 Å². The lowest BCUT2D eigenvalue weighted by Crippen LogP contribution is -2.48. The van der Waals surface area contributed by atoms with Crippen molar-refractivity contribution in [3.05, 3.63) is 0 Å². The molecular weight excluding hydrogens is 228 g/mol. The summed E-state index contributed by atoms with van der Waals surface area (Å²) in [6, 6.07) is -1.92. The molecule has 0 saturated carbocycles. The number of nitrogens with one attached hydrogen (secondary N) is 3. The molecule has 0 aromatic heterocycles. The molecule has 0 unspecified atom stereocenters. The van der Waals surface area contributed by atoms with Crippen molar-refractivity contribution >= 4 is 17.9 Å². The molecule has 17 heavy (non-hydrogen) atoms. The summed E-state index contributed by atoms with van der Waals surface area (Å²) in [4.78, 5) is 32.5. The van der Waals surface area contributed by atoms with Crippen LogP contribution in [0.2, 0.25) is 0 Å². The summed E-state index contributed by atoms with van der Waals surface area (Å²) in [5.41, 5.74) is 4.86. The Labute approximate surface area is 98.9 Å². The van der Waals surface area contributed by atoms with Gasteiger partial charge in [0.15, 0.2) is 0 Å². The number of amides is 3. The standard InChI is InChI=1S/C9H18N4O4/c1-11-3-2-4-12-9(17)13-6(8(15)16)5-7(10)14/h6,11H,2-5H2,1H3,(H2,10,14)(H,15,16)(H2,12,13,17)/t6-/m0/s1. The van der Waals surface area contributed by atoms with Gasteiger partial charge in [-0.25, -0.2) is 9.59 Å². The highest BCUT2D eigenvalue weighted by Gasteiger charge is 2.21. The van der Waals surface area contributed by atoms with E-state index in [-0.39, 0.29) is 0 Å². The molecule has 0 aliphatic heterocycles. The first-order chi connectivity index (χ1) is 7.97. The van der Waals surface area contributed by atoms with E-state index in [1.54, 1.807) is 7.05 Å². The smallest absolute Gasteiger partial charge is 0.326 e. The molecule has 8 nitrogen and oxygen atoms in total. The lowest BCUT2D eigenvalue weighted by Gasteiger charge is -2.13. The first-order valence-corrected chi connectivity index (χ1v) is 5.17. The highest BCUT2D eigenvalue weighted by Crippen LogP contribution is 1.91. The first kappa shape index (κ1) is 15.2. The number of carboxylic acid groups (broad SMARTS) is 1. The van der Waals surface area contributed by atoms with Crippen molar-refractivity contribution in [2.24, 2.45) is 5.73 Å². The number of carbonyl (C=O) groups excluding carboxylic acids is 2. The van der Waals surface area contributed by atoms with E-state index in [4.69, 9.17) is 10.8 Å². The SMILES string of the molecule is CNCCCNC(=O)N[C@@H](CC(N)=O)C(=O)O. The number of hydrogen-bond donors (Lipinski definition) is 5. The third-order valence-corrected chi connectivity index (χ3v) is 1.90. The molecule has 98 valence electrons. The highest BCUT2D eigenvalue weighted by atomic mass is 16.4. The summed E-state index contributed by atoms with van der Waals surface area (Å²) in [6.45, 7) is 1.15. The van der Waals surface area contributed by atoms with E-state index in [9.17, 15) is 14.4 Å². The molecule has 6 N–H and O–H groups in total. The number of carbonyl (C=O) groups is 3. The Kier molecular flexibility index (Phi) is 7.44. The Morgan fingerprint density at radius 1 is 1.29 bits per heavy atom. The molecule has 0 bridgehead atoms. The molecular formula is C9H18N4O4. The molecule has 0 aromatic rings. The molecule has 0 aliphatic carbocycles. The summed E-state index contributed by atoms with van der Waals surface area (Å²) >= 11 is 0. The maximum absolute atomic E-state index is 11.2. The number of urea groups is 1. The second-order valence-electron chi connectivity index (χ2n) is 3.42. The van der Waals surface area contributed by atoms with Crippen molar-refractivity contribution in [3.8, 4) is 0 Å². The van der Waals surface area contributed by atoms with E-state index < -0.39 is 30.4 Å². The van der Waals surface area contributed by atoms with Gasteiger partial charge in [-0.2, -0.15) is 0 Å². The van der Waals surface area contributed by atoms with Crippen LogP contribution in [0, 0.1) is 0 Å². The van der Waals surface area contributed by atoms with Crippen molar-refractivity contribution in [1.82, 2.24) is 16.0 Å². The zero-order valence-electron chi connectivity index (χ0n) is 9.66. The number of hydrogen-bond acceptors (Lipinski definition) is 4. The summed E-state index contributed by atoms with van der Waals surface area (Å²) in [5.74, 6) is -2.08. The third kappa shape index (κ3) is 8.03. The van der Waals surface area contributed by atoms with Gasteiger partial charge in [0.1, 0.15) is 6.04 Å². The minimum absolute atomic E-state index is 0.412. The van der Waals surface area contributed by atoms with Crippen LogP contribution in [-0.2, 0) is 9.59 Å². The predicted octanol–water partition coefficient (Wildman–Crippen LogP) is -1.78. The summed E-state index contributed by atoms with van der Waals surface area (Å²) in [5, 5.41) is 16.2. The van der Waals surface area contributed by atoms with Gasteiger partial charge in [-0.1, -0.05) is 0 Å². The zero-order chi connectivity index (χ0) is 13.3. The Balaban J connectivity index is 3.96. The molecule has 3 amide bonds. The van der Waals surface area contributed by atoms with Crippen molar-refractivity contribution in [1.29, 1.82) is 0 Å². The van der Waals surface area contributed by atoms with Crippen LogP contribution < -0.4 is 21.7 Å². The van der Waals surface area contributed by atoms with Gasteiger partial charge < -0.3 is 26.8 Å². The topological polar surface area (TPSA) is 134 Å². The average Bonchev–Trinajstić information content (AvgIpc) is 2.22. The molecule has 0 spiro atoms. The Morgan fingerprint density at radius 2 is 1.94 bits per heavy atom. The van der Waals surface area contributed by atoms with Gasteiger partial charge >= 0.3 is 12.0 Å². The number of rotatable bonds is 8. The third-order valence-electron chi connectivity index (χ3n) is 1.90. The van der Waals surface area contributed by atoms with E-state index >= 15 is 0 Å². The number of primary amides is 1. The van der Waals surface area contributed by atoms with Crippen LogP contribution in [0.5, 0.6) is 0 Å². The van der Waals surface area contributed by atoms with Gasteiger partial charge in [-0.3, -0.25) is 4.79 Å². The summed E-state index contributed by atoms with van der Waals surface area (Å²) in [7, 11) is 1.79. The second-order valence-corrected chi connectivity index (χ2v) is 3.42. The van der Waals surface area contributed by atoms with Crippen LogP contribution in [-0.4, -0.2) is 49.2 Å². The maximum Gasteiger partial charge on any atom is 0.326 e. The number of nitrogens with two attached hydrogens (primary N) is 1. The van der Waals surface area contributed by atoms with Gasteiger partial charge in [0.2, 0.25) is 5.91 Å². The average molecular weight is 246 g/mol. The molecule has 8 heteroatoms. The maximum atomic E-state index is 11.2. The predicted molar refractivity (Wildman–Crippen MR) is 60.3 cm³/mol. The Bertz CT molecular complexity index is 282. The fraction of sp³-hybridized carbons (Fsp3) is 0.667. The normalized spacial score (nSPS) is 11.6. The number of aliphatic carboxylic acids is 1. The van der Waals surface area contributed by atoms with E-state index in [0.29, 0.717) is 6.54 Å². The highest BCUT2D eigenvalue weighted by molar-refractivity contribution is 5.87. The lowest BCUT2D eigenvalue weighted by molar-refractivity contribution is -0.140.